The molecule has 1 atom stereocenters. The highest BCUT2D eigenvalue weighted by Crippen LogP contribution is 2.33. The van der Waals surface area contributed by atoms with Crippen molar-refractivity contribution in [2.24, 2.45) is 7.05 Å². The molecule has 4 aromatic rings. The monoisotopic (exact) mass is 428 g/mol. The van der Waals surface area contributed by atoms with Gasteiger partial charge in [-0.15, -0.1) is 0 Å². The maximum absolute atomic E-state index is 12.8. The number of aromatic nitrogens is 1. The Balaban J connectivity index is 1.29. The maximum Gasteiger partial charge on any atom is 0.273 e. The highest BCUT2D eigenvalue weighted by Gasteiger charge is 2.28. The number of nitrogens with zero attached hydrogens (tertiary/aromatic N) is 2. The molecular weight excluding hydrogens is 404 g/mol. The summed E-state index contributed by atoms with van der Waals surface area (Å²) < 4.78 is 7.53. The molecule has 0 spiro atoms. The molecule has 1 aliphatic heterocycles. The van der Waals surface area contributed by atoms with Crippen molar-refractivity contribution >= 4 is 28.4 Å². The fourth-order valence-electron chi connectivity index (χ4n) is 4.46. The van der Waals surface area contributed by atoms with Gasteiger partial charge in [0.1, 0.15) is 5.76 Å². The highest BCUT2D eigenvalue weighted by atomic mass is 16.3. The number of furan rings is 1. The van der Waals surface area contributed by atoms with Gasteiger partial charge in [0, 0.05) is 35.9 Å². The standard InChI is InChI=1S/C25H24N4O3/c1-16-13-17-7-3-5-9-21(17)29(16)15-23-19(11-12-32-23)24(30)26-27-25(31)20-14-28(2)22-10-6-4-8-18(20)22/h3-12,14,16H,13,15H2,1-2H3,(H,26,30)(H,27,31). The molecule has 2 aromatic heterocycles. The fraction of sp³-hybridized carbons (Fsp3) is 0.200. The van der Waals surface area contributed by atoms with Gasteiger partial charge in [-0.25, -0.2) is 0 Å². The van der Waals surface area contributed by atoms with Crippen molar-refractivity contribution < 1.29 is 14.0 Å². The van der Waals surface area contributed by atoms with E-state index in [1.54, 1.807) is 12.3 Å². The average molecular weight is 428 g/mol. The summed E-state index contributed by atoms with van der Waals surface area (Å²) in [6.45, 7) is 2.64. The number of carbonyl (C=O) groups is 2. The zero-order chi connectivity index (χ0) is 22.2. The Bertz CT molecular complexity index is 1320. The van der Waals surface area contributed by atoms with E-state index in [-0.39, 0.29) is 5.91 Å². The zero-order valence-corrected chi connectivity index (χ0v) is 18.0. The largest absolute Gasteiger partial charge is 0.467 e. The molecule has 1 unspecified atom stereocenters. The van der Waals surface area contributed by atoms with Crippen LogP contribution in [0.1, 0.15) is 39.0 Å². The van der Waals surface area contributed by atoms with Crippen LogP contribution in [0.4, 0.5) is 5.69 Å². The van der Waals surface area contributed by atoms with Gasteiger partial charge in [0.2, 0.25) is 0 Å². The van der Waals surface area contributed by atoms with E-state index in [1.165, 1.54) is 11.8 Å². The van der Waals surface area contributed by atoms with Crippen molar-refractivity contribution in [1.29, 1.82) is 0 Å². The Hall–Kier alpha value is -4.00. The van der Waals surface area contributed by atoms with Gasteiger partial charge in [-0.05, 0) is 37.1 Å². The topological polar surface area (TPSA) is 79.5 Å². The molecule has 3 heterocycles. The van der Waals surface area contributed by atoms with Crippen molar-refractivity contribution in [2.45, 2.75) is 25.9 Å². The molecule has 2 amide bonds. The van der Waals surface area contributed by atoms with Crippen LogP contribution in [0, 0.1) is 0 Å². The van der Waals surface area contributed by atoms with Crippen LogP contribution < -0.4 is 15.8 Å². The quantitative estimate of drug-likeness (QED) is 0.485. The van der Waals surface area contributed by atoms with Gasteiger partial charge in [0.05, 0.1) is 23.9 Å². The minimum absolute atomic E-state index is 0.305. The van der Waals surface area contributed by atoms with Crippen molar-refractivity contribution in [1.82, 2.24) is 15.4 Å². The van der Waals surface area contributed by atoms with Gasteiger partial charge in [0.25, 0.3) is 11.8 Å². The van der Waals surface area contributed by atoms with E-state index in [1.807, 2.05) is 48.0 Å². The van der Waals surface area contributed by atoms with Gasteiger partial charge in [0.15, 0.2) is 0 Å². The van der Waals surface area contributed by atoms with E-state index in [2.05, 4.69) is 34.8 Å². The van der Waals surface area contributed by atoms with Crippen LogP contribution in [0.25, 0.3) is 10.9 Å². The summed E-state index contributed by atoms with van der Waals surface area (Å²) in [5.41, 5.74) is 9.35. The SMILES string of the molecule is CC1Cc2ccccc2N1Cc1occc1C(=O)NNC(=O)c1cn(C)c2ccccc12. The Morgan fingerprint density at radius 1 is 1.00 bits per heavy atom. The van der Waals surface area contributed by atoms with Crippen LogP contribution in [0.15, 0.2) is 71.5 Å². The van der Waals surface area contributed by atoms with Crippen LogP contribution >= 0.6 is 0 Å². The summed E-state index contributed by atoms with van der Waals surface area (Å²) >= 11 is 0. The lowest BCUT2D eigenvalue weighted by Crippen LogP contribution is -2.42. The average Bonchev–Trinajstić information content (AvgIpc) is 3.49. The first-order valence-corrected chi connectivity index (χ1v) is 10.6. The third-order valence-corrected chi connectivity index (χ3v) is 6.08. The normalized spacial score (nSPS) is 15.1. The molecule has 2 N–H and O–H groups in total. The van der Waals surface area contributed by atoms with Gasteiger partial charge < -0.3 is 13.9 Å². The number of fused-ring (bicyclic) bond motifs is 2. The smallest absolute Gasteiger partial charge is 0.273 e. The second-order valence-electron chi connectivity index (χ2n) is 8.15. The molecule has 0 saturated heterocycles. The first-order chi connectivity index (χ1) is 15.5. The minimum Gasteiger partial charge on any atom is -0.467 e. The number of amides is 2. The number of hydrazine groups is 1. The lowest BCUT2D eigenvalue weighted by molar-refractivity contribution is 0.0846. The fourth-order valence-corrected chi connectivity index (χ4v) is 4.46. The van der Waals surface area contributed by atoms with Crippen molar-refractivity contribution in [3.05, 3.63) is 89.5 Å². The third kappa shape index (κ3) is 3.41. The van der Waals surface area contributed by atoms with E-state index in [0.717, 1.165) is 23.0 Å². The van der Waals surface area contributed by atoms with Crippen LogP contribution in [0.3, 0.4) is 0 Å². The number of carbonyl (C=O) groups excluding carboxylic acids is 2. The summed E-state index contributed by atoms with van der Waals surface area (Å²) in [5.74, 6) is -0.227. The Morgan fingerprint density at radius 3 is 2.56 bits per heavy atom. The van der Waals surface area contributed by atoms with Crippen LogP contribution in [0.2, 0.25) is 0 Å². The Morgan fingerprint density at radius 2 is 1.72 bits per heavy atom. The summed E-state index contributed by atoms with van der Waals surface area (Å²) in [6, 6.07) is 17.8. The van der Waals surface area contributed by atoms with E-state index in [0.29, 0.717) is 29.5 Å². The third-order valence-electron chi connectivity index (χ3n) is 6.08. The minimum atomic E-state index is -0.414. The number of nitrogens with one attached hydrogen (secondary N) is 2. The first kappa shape index (κ1) is 19.9. The molecule has 0 bridgehead atoms. The molecule has 5 rings (SSSR count). The number of hydrogen-bond donors (Lipinski definition) is 2. The van der Waals surface area contributed by atoms with Gasteiger partial charge in [-0.2, -0.15) is 0 Å². The van der Waals surface area contributed by atoms with E-state index >= 15 is 0 Å². The van der Waals surface area contributed by atoms with Crippen molar-refractivity contribution in [3.63, 3.8) is 0 Å². The molecular formula is C25H24N4O3. The molecule has 1 aliphatic rings. The van der Waals surface area contributed by atoms with Crippen LogP contribution in [0.5, 0.6) is 0 Å². The molecule has 7 nitrogen and oxygen atoms in total. The number of benzene rings is 2. The predicted molar refractivity (Wildman–Crippen MR) is 122 cm³/mol. The van der Waals surface area contributed by atoms with E-state index < -0.39 is 5.91 Å². The summed E-state index contributed by atoms with van der Waals surface area (Å²) in [5, 5.41) is 0.826. The number of aryl methyl sites for hydroxylation is 1. The molecule has 0 saturated carbocycles. The van der Waals surface area contributed by atoms with Gasteiger partial charge in [-0.3, -0.25) is 20.4 Å². The summed E-state index contributed by atoms with van der Waals surface area (Å²) in [4.78, 5) is 27.8. The first-order valence-electron chi connectivity index (χ1n) is 10.6. The van der Waals surface area contributed by atoms with E-state index in [4.69, 9.17) is 4.42 Å². The number of hydrogen-bond acceptors (Lipinski definition) is 4. The number of para-hydroxylation sites is 2. The lowest BCUT2D eigenvalue weighted by atomic mass is 10.1. The number of anilines is 1. The van der Waals surface area contributed by atoms with Crippen LogP contribution in [-0.4, -0.2) is 22.4 Å². The predicted octanol–water partition coefficient (Wildman–Crippen LogP) is 3.80. The molecule has 162 valence electrons. The van der Waals surface area contributed by atoms with Crippen molar-refractivity contribution in [2.75, 3.05) is 4.90 Å². The Kier molecular flexibility index (Phi) is 4.93. The summed E-state index contributed by atoms with van der Waals surface area (Å²) in [7, 11) is 1.88. The molecule has 0 fully saturated rings. The zero-order valence-electron chi connectivity index (χ0n) is 18.0. The second-order valence-corrected chi connectivity index (χ2v) is 8.15. The number of rotatable bonds is 4. The van der Waals surface area contributed by atoms with Gasteiger partial charge in [-0.1, -0.05) is 36.4 Å². The van der Waals surface area contributed by atoms with Crippen molar-refractivity contribution in [3.8, 4) is 0 Å². The molecule has 32 heavy (non-hydrogen) atoms. The van der Waals surface area contributed by atoms with Crippen LogP contribution in [-0.2, 0) is 20.0 Å². The molecule has 2 aromatic carbocycles. The maximum atomic E-state index is 12.8. The van der Waals surface area contributed by atoms with E-state index in [9.17, 15) is 9.59 Å². The highest BCUT2D eigenvalue weighted by molar-refractivity contribution is 6.08. The lowest BCUT2D eigenvalue weighted by Gasteiger charge is -2.24. The molecule has 0 radical (unpaired) electrons. The summed E-state index contributed by atoms with van der Waals surface area (Å²) in [6.07, 6.45) is 4.21. The molecule has 0 aliphatic carbocycles. The Labute approximate surface area is 185 Å². The van der Waals surface area contributed by atoms with Gasteiger partial charge >= 0.3 is 0 Å². The second kappa shape index (κ2) is 7.92. The molecule has 7 heteroatoms.